The van der Waals surface area contributed by atoms with Crippen LogP contribution in [0.2, 0.25) is 0 Å². The van der Waals surface area contributed by atoms with Crippen LogP contribution in [0, 0.1) is 10.1 Å². The van der Waals surface area contributed by atoms with Gasteiger partial charge in [-0.3, -0.25) is 14.9 Å². The summed E-state index contributed by atoms with van der Waals surface area (Å²) in [7, 11) is 0. The monoisotopic (exact) mass is 290 g/mol. The fourth-order valence-electron chi connectivity index (χ4n) is 2.71. The molecule has 1 heterocycles. The van der Waals surface area contributed by atoms with Crippen LogP contribution in [0.3, 0.4) is 0 Å². The van der Waals surface area contributed by atoms with Gasteiger partial charge in [-0.2, -0.15) is 0 Å². The Kier molecular flexibility index (Phi) is 5.87. The summed E-state index contributed by atoms with van der Waals surface area (Å²) in [5.41, 5.74) is 0.586. The summed E-state index contributed by atoms with van der Waals surface area (Å²) >= 11 is 0. The molecule has 0 saturated carbocycles. The first kappa shape index (κ1) is 15.6. The van der Waals surface area contributed by atoms with Crippen molar-refractivity contribution in [2.75, 3.05) is 19.6 Å². The van der Waals surface area contributed by atoms with Gasteiger partial charge in [0.25, 0.3) is 5.69 Å². The van der Waals surface area contributed by atoms with E-state index < -0.39 is 4.92 Å². The van der Waals surface area contributed by atoms with Crippen molar-refractivity contribution < 1.29 is 9.72 Å². The zero-order valence-electron chi connectivity index (χ0n) is 12.3. The number of rotatable bonds is 5. The van der Waals surface area contributed by atoms with Gasteiger partial charge in [0.1, 0.15) is 0 Å². The molecule has 1 fully saturated rings. The molecule has 1 aliphatic rings. The Hall–Kier alpha value is -1.75. The summed E-state index contributed by atoms with van der Waals surface area (Å²) in [6.07, 6.45) is 6.81. The first-order valence-corrected chi connectivity index (χ1v) is 7.67. The minimum absolute atomic E-state index is 0.0234. The highest BCUT2D eigenvalue weighted by Crippen LogP contribution is 2.14. The summed E-state index contributed by atoms with van der Waals surface area (Å²) in [5.74, 6) is 0.0620. The van der Waals surface area contributed by atoms with Gasteiger partial charge in [0.2, 0.25) is 0 Å². The highest BCUT2D eigenvalue weighted by atomic mass is 16.6. The van der Waals surface area contributed by atoms with Crippen LogP contribution in [-0.2, 0) is 0 Å². The highest BCUT2D eigenvalue weighted by Gasteiger charge is 2.13. The van der Waals surface area contributed by atoms with Crippen LogP contribution in [-0.4, -0.2) is 35.2 Å². The summed E-state index contributed by atoms with van der Waals surface area (Å²) in [5, 5.41) is 10.6. The minimum atomic E-state index is -0.450. The molecule has 0 aliphatic carbocycles. The molecule has 1 aliphatic heterocycles. The second-order valence-corrected chi connectivity index (χ2v) is 5.59. The maximum Gasteiger partial charge on any atom is 0.269 e. The number of nitro benzene ring substituents is 1. The number of carbonyl (C=O) groups excluding carboxylic acids is 1. The molecule has 0 unspecified atom stereocenters. The third kappa shape index (κ3) is 4.93. The predicted molar refractivity (Wildman–Crippen MR) is 81.6 cm³/mol. The third-order valence-electron chi connectivity index (χ3n) is 4.00. The summed E-state index contributed by atoms with van der Waals surface area (Å²) in [6, 6.07) is 5.88. The number of likely N-dealkylation sites (tertiary alicyclic amines) is 1. The molecule has 0 atom stereocenters. The van der Waals surface area contributed by atoms with Gasteiger partial charge < -0.3 is 4.90 Å². The Morgan fingerprint density at radius 3 is 2.19 bits per heavy atom. The van der Waals surface area contributed by atoms with E-state index in [-0.39, 0.29) is 11.5 Å². The van der Waals surface area contributed by atoms with E-state index in [2.05, 4.69) is 4.90 Å². The van der Waals surface area contributed by atoms with Gasteiger partial charge in [0.15, 0.2) is 5.78 Å². The van der Waals surface area contributed by atoms with Gasteiger partial charge in [-0.15, -0.1) is 0 Å². The number of hydrogen-bond acceptors (Lipinski definition) is 4. The first-order valence-electron chi connectivity index (χ1n) is 7.67. The van der Waals surface area contributed by atoms with Crippen molar-refractivity contribution in [2.24, 2.45) is 0 Å². The molecule has 0 aromatic heterocycles. The number of nitrogens with zero attached hydrogens (tertiary/aromatic N) is 2. The van der Waals surface area contributed by atoms with Gasteiger partial charge in [-0.1, -0.05) is 19.3 Å². The molecule has 0 spiro atoms. The molecule has 2 rings (SSSR count). The molecule has 1 aromatic rings. The molecule has 5 heteroatoms. The number of hydrogen-bond donors (Lipinski definition) is 0. The van der Waals surface area contributed by atoms with E-state index in [0.717, 1.165) is 19.6 Å². The normalized spacial score (nSPS) is 17.0. The van der Waals surface area contributed by atoms with Crippen molar-refractivity contribution in [3.05, 3.63) is 39.9 Å². The second-order valence-electron chi connectivity index (χ2n) is 5.59. The largest absolute Gasteiger partial charge is 0.303 e. The van der Waals surface area contributed by atoms with Crippen molar-refractivity contribution >= 4 is 11.5 Å². The number of benzene rings is 1. The molecule has 0 bridgehead atoms. The maximum atomic E-state index is 12.1. The van der Waals surface area contributed by atoms with E-state index in [1.54, 1.807) is 12.1 Å². The summed E-state index contributed by atoms with van der Waals surface area (Å²) in [4.78, 5) is 24.6. The zero-order chi connectivity index (χ0) is 15.1. The quantitative estimate of drug-likeness (QED) is 0.473. The molecule has 5 nitrogen and oxygen atoms in total. The lowest BCUT2D eigenvalue weighted by Gasteiger charge is -2.24. The average Bonchev–Trinajstić information content (AvgIpc) is 2.46. The van der Waals surface area contributed by atoms with Crippen molar-refractivity contribution in [1.29, 1.82) is 0 Å². The summed E-state index contributed by atoms with van der Waals surface area (Å²) in [6.45, 7) is 2.94. The number of nitro groups is 1. The number of Topliss-reactive ketones (excluding diaryl/α,β-unsaturated/α-hetero) is 1. The molecule has 114 valence electrons. The summed E-state index contributed by atoms with van der Waals surface area (Å²) < 4.78 is 0. The lowest BCUT2D eigenvalue weighted by molar-refractivity contribution is -0.384. The molecule has 1 saturated heterocycles. The van der Waals surface area contributed by atoms with Gasteiger partial charge >= 0.3 is 0 Å². The lowest BCUT2D eigenvalue weighted by Crippen LogP contribution is -2.29. The number of non-ortho nitro benzene ring substituents is 1. The topological polar surface area (TPSA) is 63.5 Å². The Morgan fingerprint density at radius 2 is 1.62 bits per heavy atom. The molecule has 0 amide bonds. The van der Waals surface area contributed by atoms with Crippen molar-refractivity contribution in [2.45, 2.75) is 38.5 Å². The molecule has 21 heavy (non-hydrogen) atoms. The SMILES string of the molecule is O=C(CCN1CCCCCCC1)c1ccc([N+](=O)[O-])cc1. The fourth-order valence-corrected chi connectivity index (χ4v) is 2.71. The molecular weight excluding hydrogens is 268 g/mol. The van der Waals surface area contributed by atoms with Gasteiger partial charge in [0.05, 0.1) is 4.92 Å². The number of carbonyl (C=O) groups is 1. The zero-order valence-corrected chi connectivity index (χ0v) is 12.3. The van der Waals surface area contributed by atoms with Crippen LogP contribution >= 0.6 is 0 Å². The predicted octanol–water partition coefficient (Wildman–Crippen LogP) is 3.43. The second kappa shape index (κ2) is 7.88. The van der Waals surface area contributed by atoms with Crippen molar-refractivity contribution in [1.82, 2.24) is 4.90 Å². The molecular formula is C16H22N2O3. The van der Waals surface area contributed by atoms with Crippen molar-refractivity contribution in [3.63, 3.8) is 0 Å². The molecule has 0 N–H and O–H groups in total. The van der Waals surface area contributed by atoms with Crippen LogP contribution in [0.15, 0.2) is 24.3 Å². The average molecular weight is 290 g/mol. The molecule has 0 radical (unpaired) electrons. The Bertz CT molecular complexity index is 477. The van der Waals surface area contributed by atoms with E-state index in [4.69, 9.17) is 0 Å². The number of ketones is 1. The van der Waals surface area contributed by atoms with Gasteiger partial charge in [-0.05, 0) is 38.1 Å². The Labute approximate surface area is 125 Å². The van der Waals surface area contributed by atoms with Gasteiger partial charge in [-0.25, -0.2) is 0 Å². The standard InChI is InChI=1S/C16H22N2O3/c19-16(14-6-8-15(9-7-14)18(20)21)10-13-17-11-4-2-1-3-5-12-17/h6-9H,1-5,10-13H2. The lowest BCUT2D eigenvalue weighted by atomic mass is 10.1. The molecule has 1 aromatic carbocycles. The van der Waals surface area contributed by atoms with Crippen LogP contribution in [0.5, 0.6) is 0 Å². The fraction of sp³-hybridized carbons (Fsp3) is 0.562. The highest BCUT2D eigenvalue weighted by molar-refractivity contribution is 5.96. The Balaban J connectivity index is 1.84. The third-order valence-corrected chi connectivity index (χ3v) is 4.00. The van der Waals surface area contributed by atoms with Crippen LogP contribution in [0.25, 0.3) is 0 Å². The van der Waals surface area contributed by atoms with E-state index in [1.165, 1.54) is 44.2 Å². The smallest absolute Gasteiger partial charge is 0.269 e. The Morgan fingerprint density at radius 1 is 1.05 bits per heavy atom. The van der Waals surface area contributed by atoms with Crippen LogP contribution in [0.4, 0.5) is 5.69 Å². The maximum absolute atomic E-state index is 12.1. The van der Waals surface area contributed by atoms with E-state index in [9.17, 15) is 14.9 Å². The van der Waals surface area contributed by atoms with E-state index in [1.807, 2.05) is 0 Å². The van der Waals surface area contributed by atoms with Crippen LogP contribution < -0.4 is 0 Å². The van der Waals surface area contributed by atoms with Gasteiger partial charge in [0, 0.05) is 30.7 Å². The first-order chi connectivity index (χ1) is 10.2. The van der Waals surface area contributed by atoms with Crippen LogP contribution in [0.1, 0.15) is 48.9 Å². The van der Waals surface area contributed by atoms with E-state index in [0.29, 0.717) is 12.0 Å². The minimum Gasteiger partial charge on any atom is -0.303 e. The van der Waals surface area contributed by atoms with E-state index >= 15 is 0 Å². The van der Waals surface area contributed by atoms with Crippen molar-refractivity contribution in [3.8, 4) is 0 Å².